The van der Waals surface area contributed by atoms with E-state index in [4.69, 9.17) is 4.74 Å². The lowest BCUT2D eigenvalue weighted by atomic mass is 10.0. The van der Waals surface area contributed by atoms with E-state index in [0.717, 1.165) is 5.56 Å². The zero-order chi connectivity index (χ0) is 13.8. The zero-order valence-electron chi connectivity index (χ0n) is 11.8. The first kappa shape index (κ1) is 13.7. The van der Waals surface area contributed by atoms with Gasteiger partial charge in [-0.25, -0.2) is 4.79 Å². The molecule has 0 bridgehead atoms. The van der Waals surface area contributed by atoms with Gasteiger partial charge in [-0.1, -0.05) is 55.8 Å². The average Bonchev–Trinajstić information content (AvgIpc) is 2.80. The number of carbonyl (C=O) groups excluding carboxylic acids is 1. The lowest BCUT2D eigenvalue weighted by Gasteiger charge is -2.21. The normalized spacial score (nSPS) is 18.6. The lowest BCUT2D eigenvalue weighted by Crippen LogP contribution is -2.35. The fourth-order valence-corrected chi connectivity index (χ4v) is 2.20. The third-order valence-electron chi connectivity index (χ3n) is 3.48. The molecule has 0 saturated heterocycles. The van der Waals surface area contributed by atoms with Crippen LogP contribution in [0.15, 0.2) is 42.0 Å². The topological polar surface area (TPSA) is 29.5 Å². The molecule has 1 atom stereocenters. The van der Waals surface area contributed by atoms with Gasteiger partial charge in [0.15, 0.2) is 0 Å². The molecular formula is C16H21NO2. The van der Waals surface area contributed by atoms with Crippen LogP contribution in [0.5, 0.6) is 0 Å². The van der Waals surface area contributed by atoms with Crippen LogP contribution in [0.3, 0.4) is 0 Å². The Morgan fingerprint density at radius 3 is 2.63 bits per heavy atom. The molecule has 0 aliphatic carbocycles. The number of hydrogen-bond donors (Lipinski definition) is 0. The predicted octanol–water partition coefficient (Wildman–Crippen LogP) is 3.61. The summed E-state index contributed by atoms with van der Waals surface area (Å²) in [6, 6.07) is 9.88. The third-order valence-corrected chi connectivity index (χ3v) is 3.48. The van der Waals surface area contributed by atoms with Crippen molar-refractivity contribution in [2.45, 2.75) is 33.4 Å². The van der Waals surface area contributed by atoms with Gasteiger partial charge in [0.05, 0.1) is 6.04 Å². The van der Waals surface area contributed by atoms with E-state index in [0.29, 0.717) is 19.1 Å². The van der Waals surface area contributed by atoms with Crippen LogP contribution >= 0.6 is 0 Å². The Morgan fingerprint density at radius 1 is 1.37 bits per heavy atom. The number of carbonyl (C=O) groups is 1. The summed E-state index contributed by atoms with van der Waals surface area (Å²) in [7, 11) is 0. The van der Waals surface area contributed by atoms with Crippen LogP contribution in [0.25, 0.3) is 0 Å². The summed E-state index contributed by atoms with van der Waals surface area (Å²) < 4.78 is 5.36. The van der Waals surface area contributed by atoms with Gasteiger partial charge < -0.3 is 4.74 Å². The van der Waals surface area contributed by atoms with Crippen LogP contribution in [0, 0.1) is 5.92 Å². The number of rotatable bonds is 3. The second kappa shape index (κ2) is 5.91. The summed E-state index contributed by atoms with van der Waals surface area (Å²) in [5.74, 6) is 0.481. The Balaban J connectivity index is 1.88. The number of amides is 1. The smallest absolute Gasteiger partial charge is 0.410 e. The van der Waals surface area contributed by atoms with Gasteiger partial charge in [-0.15, -0.1) is 0 Å². The van der Waals surface area contributed by atoms with Crippen molar-refractivity contribution in [2.75, 3.05) is 6.54 Å². The van der Waals surface area contributed by atoms with Gasteiger partial charge in [-0.05, 0) is 18.4 Å². The van der Waals surface area contributed by atoms with E-state index < -0.39 is 0 Å². The molecule has 1 unspecified atom stereocenters. The van der Waals surface area contributed by atoms with Crippen LogP contribution in [0.1, 0.15) is 26.3 Å². The van der Waals surface area contributed by atoms with Crippen molar-refractivity contribution in [3.05, 3.63) is 47.5 Å². The molecule has 3 heteroatoms. The number of ether oxygens (including phenoxy) is 1. The van der Waals surface area contributed by atoms with Crippen LogP contribution in [0.2, 0.25) is 0 Å². The molecule has 0 saturated carbocycles. The van der Waals surface area contributed by atoms with E-state index in [-0.39, 0.29) is 12.1 Å². The minimum absolute atomic E-state index is 0.126. The molecule has 1 aliphatic heterocycles. The van der Waals surface area contributed by atoms with Gasteiger partial charge in [0, 0.05) is 6.54 Å². The van der Waals surface area contributed by atoms with Crippen LogP contribution in [-0.4, -0.2) is 23.6 Å². The monoisotopic (exact) mass is 259 g/mol. The Kier molecular flexibility index (Phi) is 4.25. The first-order valence-corrected chi connectivity index (χ1v) is 6.76. The van der Waals surface area contributed by atoms with E-state index >= 15 is 0 Å². The standard InChI is InChI=1S/C16H21NO2/c1-12(2)15-9-13(3)17(10-15)16(18)19-11-14-7-5-4-6-8-14/h4-9,12-13H,10-11H2,1-3H3. The molecule has 0 aromatic heterocycles. The van der Waals surface area contributed by atoms with Gasteiger partial charge in [-0.3, -0.25) is 4.90 Å². The molecule has 0 spiro atoms. The van der Waals surface area contributed by atoms with Crippen LogP contribution < -0.4 is 0 Å². The van der Waals surface area contributed by atoms with E-state index in [2.05, 4.69) is 19.9 Å². The van der Waals surface area contributed by atoms with E-state index in [1.165, 1.54) is 5.57 Å². The van der Waals surface area contributed by atoms with Gasteiger partial charge >= 0.3 is 6.09 Å². The maximum Gasteiger partial charge on any atom is 0.410 e. The highest BCUT2D eigenvalue weighted by Crippen LogP contribution is 2.23. The second-order valence-corrected chi connectivity index (χ2v) is 5.30. The van der Waals surface area contributed by atoms with Crippen molar-refractivity contribution in [1.82, 2.24) is 4.90 Å². The fourth-order valence-electron chi connectivity index (χ4n) is 2.20. The largest absolute Gasteiger partial charge is 0.445 e. The molecule has 1 aliphatic rings. The molecular weight excluding hydrogens is 238 g/mol. The molecule has 1 amide bonds. The molecule has 2 rings (SSSR count). The summed E-state index contributed by atoms with van der Waals surface area (Å²) in [4.78, 5) is 13.8. The molecule has 3 nitrogen and oxygen atoms in total. The molecule has 19 heavy (non-hydrogen) atoms. The van der Waals surface area contributed by atoms with Crippen LogP contribution in [-0.2, 0) is 11.3 Å². The van der Waals surface area contributed by atoms with Crippen molar-refractivity contribution < 1.29 is 9.53 Å². The molecule has 1 heterocycles. The SMILES string of the molecule is CC(C)C1=CC(C)N(C(=O)OCc2ccccc2)C1. The second-order valence-electron chi connectivity index (χ2n) is 5.30. The van der Waals surface area contributed by atoms with Crippen molar-refractivity contribution >= 4 is 6.09 Å². The maximum atomic E-state index is 12.1. The van der Waals surface area contributed by atoms with Gasteiger partial charge in [-0.2, -0.15) is 0 Å². The number of hydrogen-bond acceptors (Lipinski definition) is 2. The summed E-state index contributed by atoms with van der Waals surface area (Å²) in [5.41, 5.74) is 2.32. The molecule has 1 aromatic rings. The predicted molar refractivity (Wildman–Crippen MR) is 75.7 cm³/mol. The molecule has 0 radical (unpaired) electrons. The summed E-state index contributed by atoms with van der Waals surface area (Å²) in [6.45, 7) is 7.35. The highest BCUT2D eigenvalue weighted by atomic mass is 16.6. The zero-order valence-corrected chi connectivity index (χ0v) is 11.8. The molecule has 0 N–H and O–H groups in total. The maximum absolute atomic E-state index is 12.1. The van der Waals surface area contributed by atoms with Crippen molar-refractivity contribution in [1.29, 1.82) is 0 Å². The Bertz CT molecular complexity index is 465. The quantitative estimate of drug-likeness (QED) is 0.776. The lowest BCUT2D eigenvalue weighted by molar-refractivity contribution is 0.0962. The minimum atomic E-state index is -0.233. The Morgan fingerprint density at radius 2 is 2.05 bits per heavy atom. The van der Waals surface area contributed by atoms with E-state index in [1.807, 2.05) is 37.3 Å². The van der Waals surface area contributed by atoms with E-state index in [1.54, 1.807) is 4.90 Å². The van der Waals surface area contributed by atoms with Crippen molar-refractivity contribution in [2.24, 2.45) is 5.92 Å². The minimum Gasteiger partial charge on any atom is -0.445 e. The van der Waals surface area contributed by atoms with Crippen LogP contribution in [0.4, 0.5) is 4.79 Å². The highest BCUT2D eigenvalue weighted by Gasteiger charge is 2.27. The van der Waals surface area contributed by atoms with Gasteiger partial charge in [0.2, 0.25) is 0 Å². The van der Waals surface area contributed by atoms with Gasteiger partial charge in [0.1, 0.15) is 6.61 Å². The molecule has 0 fully saturated rings. The Hall–Kier alpha value is -1.77. The Labute approximate surface area is 114 Å². The molecule has 102 valence electrons. The number of benzene rings is 1. The van der Waals surface area contributed by atoms with Gasteiger partial charge in [0.25, 0.3) is 0 Å². The first-order valence-electron chi connectivity index (χ1n) is 6.76. The molecule has 1 aromatic carbocycles. The summed E-state index contributed by atoms with van der Waals surface area (Å²) in [5, 5.41) is 0. The van der Waals surface area contributed by atoms with Crippen molar-refractivity contribution in [3.63, 3.8) is 0 Å². The van der Waals surface area contributed by atoms with Crippen molar-refractivity contribution in [3.8, 4) is 0 Å². The highest BCUT2D eigenvalue weighted by molar-refractivity contribution is 5.69. The first-order chi connectivity index (χ1) is 9.08. The number of nitrogens with zero attached hydrogens (tertiary/aromatic N) is 1. The summed E-state index contributed by atoms with van der Waals surface area (Å²) >= 11 is 0. The average molecular weight is 259 g/mol. The summed E-state index contributed by atoms with van der Waals surface area (Å²) in [6.07, 6.45) is 1.93. The third kappa shape index (κ3) is 3.37. The van der Waals surface area contributed by atoms with E-state index in [9.17, 15) is 4.79 Å². The fraction of sp³-hybridized carbons (Fsp3) is 0.438.